The lowest BCUT2D eigenvalue weighted by atomic mass is 9.73. The van der Waals surface area contributed by atoms with Crippen molar-refractivity contribution in [2.24, 2.45) is 5.41 Å². The first-order valence-corrected chi connectivity index (χ1v) is 9.34. The van der Waals surface area contributed by atoms with Gasteiger partial charge in [-0.1, -0.05) is 29.8 Å². The van der Waals surface area contributed by atoms with E-state index in [1.54, 1.807) is 0 Å². The molecule has 2 aliphatic heterocycles. The molecule has 1 atom stereocenters. The summed E-state index contributed by atoms with van der Waals surface area (Å²) in [5, 5.41) is 9.89. The number of carbonyl (C=O) groups excluding carboxylic acids is 1. The van der Waals surface area contributed by atoms with E-state index in [9.17, 15) is 4.79 Å². The predicted octanol–water partition coefficient (Wildman–Crippen LogP) is 2.93. The number of likely N-dealkylation sites (tertiary alicyclic amines) is 2. The standard InChI is InChI=1S/C19H27ClN2O2/c20-17-6-2-1-5-16(17)13-21-10-3-8-19(14-21)9-7-18(24)22(15-19)11-4-12-23/h1-2,5-6,23H,3-4,7-15H2/t19-/m1/s1. The van der Waals surface area contributed by atoms with Gasteiger partial charge < -0.3 is 10.0 Å². The van der Waals surface area contributed by atoms with Crippen molar-refractivity contribution in [1.82, 2.24) is 9.80 Å². The Kier molecular flexibility index (Phi) is 5.80. The van der Waals surface area contributed by atoms with Crippen LogP contribution in [0.15, 0.2) is 24.3 Å². The molecule has 1 spiro atoms. The number of carbonyl (C=O) groups is 1. The third-order valence-electron chi connectivity index (χ3n) is 5.43. The highest BCUT2D eigenvalue weighted by Crippen LogP contribution is 2.39. The van der Waals surface area contributed by atoms with Crippen LogP contribution in [0.3, 0.4) is 0 Å². The van der Waals surface area contributed by atoms with Crippen LogP contribution in [0.2, 0.25) is 5.02 Å². The number of nitrogens with zero attached hydrogens (tertiary/aromatic N) is 2. The fourth-order valence-corrected chi connectivity index (χ4v) is 4.41. The fraction of sp³-hybridized carbons (Fsp3) is 0.632. The maximum atomic E-state index is 12.2. The molecule has 2 aliphatic rings. The Labute approximate surface area is 149 Å². The molecule has 2 heterocycles. The molecule has 2 saturated heterocycles. The molecule has 1 aromatic rings. The Morgan fingerprint density at radius 3 is 2.83 bits per heavy atom. The van der Waals surface area contributed by atoms with Crippen LogP contribution in [-0.2, 0) is 11.3 Å². The minimum Gasteiger partial charge on any atom is -0.396 e. The molecule has 1 amide bonds. The van der Waals surface area contributed by atoms with E-state index in [2.05, 4.69) is 11.0 Å². The van der Waals surface area contributed by atoms with Gasteiger partial charge in [-0.05, 0) is 43.9 Å². The molecule has 0 aliphatic carbocycles. The number of hydrogen-bond acceptors (Lipinski definition) is 3. The summed E-state index contributed by atoms with van der Waals surface area (Å²) in [6, 6.07) is 8.06. The summed E-state index contributed by atoms with van der Waals surface area (Å²) in [6.07, 6.45) is 4.67. The van der Waals surface area contributed by atoms with Crippen molar-refractivity contribution in [2.75, 3.05) is 32.8 Å². The third kappa shape index (κ3) is 4.11. The van der Waals surface area contributed by atoms with Crippen molar-refractivity contribution < 1.29 is 9.90 Å². The van der Waals surface area contributed by atoms with Gasteiger partial charge in [-0.25, -0.2) is 0 Å². The highest BCUT2D eigenvalue weighted by molar-refractivity contribution is 6.31. The normalized spacial score (nSPS) is 25.4. The zero-order chi connectivity index (χ0) is 17.0. The predicted molar refractivity (Wildman–Crippen MR) is 95.9 cm³/mol. The first-order valence-electron chi connectivity index (χ1n) is 8.96. The number of benzene rings is 1. The summed E-state index contributed by atoms with van der Waals surface area (Å²) in [4.78, 5) is 16.6. The molecule has 3 rings (SSSR count). The van der Waals surface area contributed by atoms with Gasteiger partial charge in [0, 0.05) is 49.6 Å². The summed E-state index contributed by atoms with van der Waals surface area (Å²) < 4.78 is 0. The number of piperidine rings is 2. The summed E-state index contributed by atoms with van der Waals surface area (Å²) >= 11 is 6.32. The highest BCUT2D eigenvalue weighted by Gasteiger charge is 2.41. The largest absolute Gasteiger partial charge is 0.396 e. The van der Waals surface area contributed by atoms with E-state index in [0.29, 0.717) is 19.4 Å². The molecular formula is C19H27ClN2O2. The maximum Gasteiger partial charge on any atom is 0.222 e. The Balaban J connectivity index is 1.65. The van der Waals surface area contributed by atoms with Crippen molar-refractivity contribution >= 4 is 17.5 Å². The first kappa shape index (κ1) is 17.7. The lowest BCUT2D eigenvalue weighted by Crippen LogP contribution is -2.54. The molecule has 24 heavy (non-hydrogen) atoms. The summed E-state index contributed by atoms with van der Waals surface area (Å²) in [5.41, 5.74) is 1.39. The van der Waals surface area contributed by atoms with Crippen LogP contribution < -0.4 is 0 Å². The van der Waals surface area contributed by atoms with Gasteiger partial charge in [-0.15, -0.1) is 0 Å². The molecule has 0 aromatic heterocycles. The van der Waals surface area contributed by atoms with Gasteiger partial charge in [0.2, 0.25) is 5.91 Å². The number of hydrogen-bond donors (Lipinski definition) is 1. The van der Waals surface area contributed by atoms with Crippen LogP contribution in [0.5, 0.6) is 0 Å². The molecule has 0 unspecified atom stereocenters. The van der Waals surface area contributed by atoms with Gasteiger partial charge in [0.1, 0.15) is 0 Å². The van der Waals surface area contributed by atoms with Crippen LogP contribution >= 0.6 is 11.6 Å². The number of rotatable bonds is 5. The minimum absolute atomic E-state index is 0.148. The monoisotopic (exact) mass is 350 g/mol. The molecule has 0 radical (unpaired) electrons. The number of aliphatic hydroxyl groups is 1. The average Bonchev–Trinajstić information content (AvgIpc) is 2.58. The Morgan fingerprint density at radius 1 is 1.21 bits per heavy atom. The van der Waals surface area contributed by atoms with Crippen LogP contribution in [0.4, 0.5) is 0 Å². The Morgan fingerprint density at radius 2 is 2.04 bits per heavy atom. The average molecular weight is 351 g/mol. The molecular weight excluding hydrogens is 324 g/mol. The fourth-order valence-electron chi connectivity index (χ4n) is 4.21. The molecule has 2 fully saturated rings. The molecule has 1 aromatic carbocycles. The van der Waals surface area contributed by atoms with Gasteiger partial charge in [-0.2, -0.15) is 0 Å². The lowest BCUT2D eigenvalue weighted by Gasteiger charge is -2.48. The van der Waals surface area contributed by atoms with Crippen LogP contribution in [0.25, 0.3) is 0 Å². The Hall–Kier alpha value is -1.10. The van der Waals surface area contributed by atoms with E-state index in [0.717, 1.165) is 37.6 Å². The molecule has 0 bridgehead atoms. The van der Waals surface area contributed by atoms with Crippen LogP contribution in [0, 0.1) is 5.41 Å². The van der Waals surface area contributed by atoms with E-state index < -0.39 is 0 Å². The number of halogens is 1. The van der Waals surface area contributed by atoms with E-state index in [1.165, 1.54) is 18.4 Å². The van der Waals surface area contributed by atoms with E-state index in [-0.39, 0.29) is 17.9 Å². The summed E-state index contributed by atoms with van der Waals surface area (Å²) in [6.45, 7) is 4.67. The maximum absolute atomic E-state index is 12.2. The van der Waals surface area contributed by atoms with Crippen molar-refractivity contribution in [3.8, 4) is 0 Å². The third-order valence-corrected chi connectivity index (χ3v) is 5.80. The molecule has 4 nitrogen and oxygen atoms in total. The van der Waals surface area contributed by atoms with Crippen molar-refractivity contribution in [1.29, 1.82) is 0 Å². The molecule has 5 heteroatoms. The van der Waals surface area contributed by atoms with E-state index in [4.69, 9.17) is 16.7 Å². The van der Waals surface area contributed by atoms with Gasteiger partial charge >= 0.3 is 0 Å². The van der Waals surface area contributed by atoms with Gasteiger partial charge in [0.05, 0.1) is 0 Å². The van der Waals surface area contributed by atoms with Crippen molar-refractivity contribution in [3.05, 3.63) is 34.9 Å². The minimum atomic E-state index is 0.148. The SMILES string of the molecule is O=C1CC[C@@]2(CCCN(Cc3ccccc3Cl)C2)CN1CCCO. The van der Waals surface area contributed by atoms with Crippen molar-refractivity contribution in [2.45, 2.75) is 38.6 Å². The van der Waals surface area contributed by atoms with Gasteiger partial charge in [0.15, 0.2) is 0 Å². The first-order chi connectivity index (χ1) is 11.6. The highest BCUT2D eigenvalue weighted by atomic mass is 35.5. The number of amides is 1. The zero-order valence-corrected chi connectivity index (χ0v) is 15.0. The van der Waals surface area contributed by atoms with Crippen molar-refractivity contribution in [3.63, 3.8) is 0 Å². The van der Waals surface area contributed by atoms with Gasteiger partial charge in [0.25, 0.3) is 0 Å². The second-order valence-electron chi connectivity index (χ2n) is 7.30. The molecule has 1 N–H and O–H groups in total. The molecule has 132 valence electrons. The van der Waals surface area contributed by atoms with Crippen LogP contribution in [-0.4, -0.2) is 53.6 Å². The van der Waals surface area contributed by atoms with Crippen LogP contribution in [0.1, 0.15) is 37.7 Å². The smallest absolute Gasteiger partial charge is 0.222 e. The molecule has 0 saturated carbocycles. The topological polar surface area (TPSA) is 43.8 Å². The second kappa shape index (κ2) is 7.85. The summed E-state index contributed by atoms with van der Waals surface area (Å²) in [5.74, 6) is 0.248. The zero-order valence-electron chi connectivity index (χ0n) is 14.2. The lowest BCUT2D eigenvalue weighted by molar-refractivity contribution is -0.139. The Bertz CT molecular complexity index is 580. The van der Waals surface area contributed by atoms with Gasteiger partial charge in [-0.3, -0.25) is 9.69 Å². The number of aliphatic hydroxyl groups excluding tert-OH is 1. The quantitative estimate of drug-likeness (QED) is 0.888. The van der Waals surface area contributed by atoms with E-state index >= 15 is 0 Å². The summed E-state index contributed by atoms with van der Waals surface area (Å²) in [7, 11) is 0. The van der Waals surface area contributed by atoms with E-state index in [1.807, 2.05) is 23.1 Å². The second-order valence-corrected chi connectivity index (χ2v) is 7.71.